The Kier molecular flexibility index (Phi) is 4.45. The summed E-state index contributed by atoms with van der Waals surface area (Å²) in [5.74, 6) is -0.505. The van der Waals surface area contributed by atoms with Gasteiger partial charge in [-0.1, -0.05) is 0 Å². The van der Waals surface area contributed by atoms with Crippen LogP contribution >= 0.6 is 0 Å². The fourth-order valence-corrected chi connectivity index (χ4v) is 1.13. The fourth-order valence-electron chi connectivity index (χ4n) is 1.13. The highest BCUT2D eigenvalue weighted by Gasteiger charge is 2.12. The monoisotopic (exact) mass is 237 g/mol. The summed E-state index contributed by atoms with van der Waals surface area (Å²) in [6, 6.07) is 0. The molecule has 6 heteroatoms. The minimum absolute atomic E-state index is 0.240. The molecule has 0 amide bonds. The highest BCUT2D eigenvalue weighted by atomic mass is 16.5. The fraction of sp³-hybridized carbons (Fsp3) is 0.364. The third-order valence-corrected chi connectivity index (χ3v) is 1.88. The van der Waals surface area contributed by atoms with Crippen molar-refractivity contribution in [3.63, 3.8) is 0 Å². The minimum atomic E-state index is -0.505. The van der Waals surface area contributed by atoms with Crippen LogP contribution in [0.4, 0.5) is 0 Å². The van der Waals surface area contributed by atoms with E-state index in [1.54, 1.807) is 24.1 Å². The largest absolute Gasteiger partial charge is 0.462 e. The Morgan fingerprint density at radius 2 is 2.29 bits per heavy atom. The van der Waals surface area contributed by atoms with Crippen LogP contribution < -0.4 is 5.69 Å². The number of aromatic amines is 1. The predicted octanol–water partition coefficient (Wildman–Crippen LogP) is 0.479. The molecule has 6 nitrogen and oxygen atoms in total. The average Bonchev–Trinajstić information content (AvgIpc) is 2.26. The van der Waals surface area contributed by atoms with Crippen molar-refractivity contribution in [1.29, 1.82) is 0 Å². The van der Waals surface area contributed by atoms with Crippen LogP contribution in [0.5, 0.6) is 0 Å². The molecule has 0 aliphatic rings. The van der Waals surface area contributed by atoms with Gasteiger partial charge in [-0.2, -0.15) is 0 Å². The first-order chi connectivity index (χ1) is 8.04. The van der Waals surface area contributed by atoms with Crippen LogP contribution in [0, 0.1) is 0 Å². The van der Waals surface area contributed by atoms with Gasteiger partial charge in [-0.3, -0.25) is 0 Å². The van der Waals surface area contributed by atoms with Crippen LogP contribution in [0.15, 0.2) is 17.2 Å². The van der Waals surface area contributed by atoms with Gasteiger partial charge < -0.3 is 14.6 Å². The number of H-pyrrole nitrogens is 1. The van der Waals surface area contributed by atoms with Crippen molar-refractivity contribution in [3.8, 4) is 0 Å². The summed E-state index contributed by atoms with van der Waals surface area (Å²) in [4.78, 5) is 30.5. The Morgan fingerprint density at radius 1 is 1.59 bits per heavy atom. The molecule has 0 bridgehead atoms. The number of carbonyl (C=O) groups excluding carboxylic acids is 1. The average molecular weight is 237 g/mol. The molecule has 0 saturated heterocycles. The van der Waals surface area contributed by atoms with E-state index in [1.165, 1.54) is 6.20 Å². The molecule has 0 spiro atoms. The number of hydrogen-bond acceptors (Lipinski definition) is 5. The van der Waals surface area contributed by atoms with E-state index in [9.17, 15) is 9.59 Å². The van der Waals surface area contributed by atoms with E-state index in [2.05, 4.69) is 9.97 Å². The van der Waals surface area contributed by atoms with E-state index in [0.29, 0.717) is 5.69 Å². The summed E-state index contributed by atoms with van der Waals surface area (Å²) in [6.45, 7) is 1.99. The van der Waals surface area contributed by atoms with Crippen LogP contribution in [0.1, 0.15) is 23.0 Å². The number of ether oxygens (including phenoxy) is 1. The van der Waals surface area contributed by atoms with Crippen molar-refractivity contribution >= 4 is 12.0 Å². The highest BCUT2D eigenvalue weighted by molar-refractivity contribution is 5.92. The van der Waals surface area contributed by atoms with E-state index < -0.39 is 11.7 Å². The van der Waals surface area contributed by atoms with Crippen LogP contribution in [0.2, 0.25) is 0 Å². The zero-order valence-corrected chi connectivity index (χ0v) is 10.1. The van der Waals surface area contributed by atoms with Gasteiger partial charge in [-0.25, -0.2) is 14.6 Å². The summed E-state index contributed by atoms with van der Waals surface area (Å²) in [6.07, 6.45) is 4.55. The van der Waals surface area contributed by atoms with Crippen molar-refractivity contribution in [1.82, 2.24) is 14.9 Å². The van der Waals surface area contributed by atoms with Gasteiger partial charge in [-0.15, -0.1) is 0 Å². The zero-order valence-electron chi connectivity index (χ0n) is 10.1. The molecular weight excluding hydrogens is 222 g/mol. The Labute approximate surface area is 98.9 Å². The molecule has 17 heavy (non-hydrogen) atoms. The number of rotatable bonds is 4. The third kappa shape index (κ3) is 3.75. The molecule has 1 N–H and O–H groups in total. The van der Waals surface area contributed by atoms with E-state index in [4.69, 9.17) is 4.74 Å². The lowest BCUT2D eigenvalue weighted by molar-refractivity contribution is 0.0525. The van der Waals surface area contributed by atoms with Crippen LogP contribution in [0.3, 0.4) is 0 Å². The summed E-state index contributed by atoms with van der Waals surface area (Å²) in [7, 11) is 3.67. The quantitative estimate of drug-likeness (QED) is 0.771. The predicted molar refractivity (Wildman–Crippen MR) is 63.5 cm³/mol. The molecule has 0 aromatic carbocycles. The number of hydrogen-bond donors (Lipinski definition) is 1. The summed E-state index contributed by atoms with van der Waals surface area (Å²) < 4.78 is 4.87. The Balaban J connectivity index is 3.12. The number of carbonyl (C=O) groups is 1. The molecule has 0 unspecified atom stereocenters. The van der Waals surface area contributed by atoms with Crippen molar-refractivity contribution in [3.05, 3.63) is 34.1 Å². The smallest absolute Gasteiger partial charge is 0.345 e. The van der Waals surface area contributed by atoms with Crippen molar-refractivity contribution in [2.24, 2.45) is 0 Å². The number of nitrogens with one attached hydrogen (secondary N) is 1. The lowest BCUT2D eigenvalue weighted by atomic mass is 10.2. The Bertz CT molecular complexity index is 477. The molecule has 1 aromatic heterocycles. The molecule has 0 radical (unpaired) electrons. The van der Waals surface area contributed by atoms with Crippen molar-refractivity contribution in [2.75, 3.05) is 20.7 Å². The number of esters is 1. The van der Waals surface area contributed by atoms with Gasteiger partial charge in [0.1, 0.15) is 5.56 Å². The molecule has 0 aliphatic heterocycles. The maximum Gasteiger partial charge on any atom is 0.345 e. The highest BCUT2D eigenvalue weighted by Crippen LogP contribution is 2.06. The molecule has 1 aromatic rings. The second-order valence-electron chi connectivity index (χ2n) is 3.52. The maximum absolute atomic E-state index is 11.6. The van der Waals surface area contributed by atoms with Gasteiger partial charge in [0.25, 0.3) is 0 Å². The number of nitrogens with zero attached hydrogens (tertiary/aromatic N) is 2. The topological polar surface area (TPSA) is 75.3 Å². The van der Waals surface area contributed by atoms with E-state index in [0.717, 1.165) is 0 Å². The molecule has 1 rings (SSSR count). The van der Waals surface area contributed by atoms with E-state index >= 15 is 0 Å². The van der Waals surface area contributed by atoms with Gasteiger partial charge in [0.15, 0.2) is 0 Å². The van der Waals surface area contributed by atoms with E-state index in [-0.39, 0.29) is 12.2 Å². The number of aromatic nitrogens is 2. The Morgan fingerprint density at radius 3 is 2.88 bits per heavy atom. The van der Waals surface area contributed by atoms with Crippen LogP contribution in [0.25, 0.3) is 6.08 Å². The van der Waals surface area contributed by atoms with Gasteiger partial charge in [0.05, 0.1) is 12.3 Å². The maximum atomic E-state index is 11.6. The molecular formula is C11H15N3O3. The minimum Gasteiger partial charge on any atom is -0.462 e. The van der Waals surface area contributed by atoms with Gasteiger partial charge >= 0.3 is 11.7 Å². The molecule has 0 saturated carbocycles. The standard InChI is InChI=1S/C11H15N3O3/c1-4-17-10(15)8-7-12-11(16)13-9(8)5-6-14(2)3/h5-7H,4H2,1-3H3,(H,12,13,16). The van der Waals surface area contributed by atoms with Crippen LogP contribution in [-0.2, 0) is 4.74 Å². The van der Waals surface area contributed by atoms with Gasteiger partial charge in [-0.05, 0) is 13.0 Å². The molecule has 92 valence electrons. The SMILES string of the molecule is CCOC(=O)c1cnc(=O)[nH]c1C=CN(C)C. The molecule has 0 aliphatic carbocycles. The Hall–Kier alpha value is -2.11. The molecule has 1 heterocycles. The molecule has 0 atom stereocenters. The first kappa shape index (κ1) is 13.0. The lowest BCUT2D eigenvalue weighted by Gasteiger charge is -2.06. The first-order valence-electron chi connectivity index (χ1n) is 5.15. The normalized spacial score (nSPS) is 10.5. The summed E-state index contributed by atoms with van der Waals surface area (Å²) in [5, 5.41) is 0. The summed E-state index contributed by atoms with van der Waals surface area (Å²) >= 11 is 0. The van der Waals surface area contributed by atoms with E-state index in [1.807, 2.05) is 14.1 Å². The second kappa shape index (κ2) is 5.83. The first-order valence-corrected chi connectivity index (χ1v) is 5.15. The van der Waals surface area contributed by atoms with Gasteiger partial charge in [0, 0.05) is 26.5 Å². The summed E-state index contributed by atoms with van der Waals surface area (Å²) in [5.41, 5.74) is 0.123. The van der Waals surface area contributed by atoms with Crippen molar-refractivity contribution < 1.29 is 9.53 Å². The zero-order chi connectivity index (χ0) is 12.8. The second-order valence-corrected chi connectivity index (χ2v) is 3.52. The van der Waals surface area contributed by atoms with Crippen LogP contribution in [-0.4, -0.2) is 41.5 Å². The van der Waals surface area contributed by atoms with Crippen molar-refractivity contribution in [2.45, 2.75) is 6.92 Å². The lowest BCUT2D eigenvalue weighted by Crippen LogP contribution is -2.17. The molecule has 0 fully saturated rings. The third-order valence-electron chi connectivity index (χ3n) is 1.88. The van der Waals surface area contributed by atoms with Gasteiger partial charge in [0.2, 0.25) is 0 Å².